The molecule has 9 aromatic rings. The van der Waals surface area contributed by atoms with Crippen molar-refractivity contribution in [1.82, 2.24) is 9.13 Å². The maximum Gasteiger partial charge on any atom is 0.189 e. The van der Waals surface area contributed by atoms with Crippen LogP contribution >= 0.6 is 0 Å². The summed E-state index contributed by atoms with van der Waals surface area (Å²) < 4.78 is 4.46. The molecule has 0 aliphatic rings. The molecule has 0 amide bonds. The summed E-state index contributed by atoms with van der Waals surface area (Å²) in [4.78, 5) is 3.70. The lowest BCUT2D eigenvalue weighted by molar-refractivity contribution is 1.18. The minimum absolute atomic E-state index is 0.556. The van der Waals surface area contributed by atoms with E-state index >= 15 is 0 Å². The highest BCUT2D eigenvalue weighted by molar-refractivity contribution is 6.11. The predicted molar refractivity (Wildman–Crippen MR) is 202 cm³/mol. The van der Waals surface area contributed by atoms with Crippen LogP contribution in [0, 0.1) is 29.2 Å². The molecule has 7 aromatic carbocycles. The van der Waals surface area contributed by atoms with E-state index in [0.29, 0.717) is 16.8 Å². The second kappa shape index (κ2) is 11.4. The number of aromatic nitrogens is 2. The first-order chi connectivity index (χ1) is 24.7. The minimum Gasteiger partial charge on any atom is -0.310 e. The zero-order valence-corrected chi connectivity index (χ0v) is 26.7. The molecular formula is C45H25N5. The van der Waals surface area contributed by atoms with Crippen LogP contribution < -0.4 is 0 Å². The maximum atomic E-state index is 10.2. The van der Waals surface area contributed by atoms with E-state index in [0.717, 1.165) is 66.5 Å². The zero-order valence-electron chi connectivity index (χ0n) is 26.7. The Balaban J connectivity index is 1.18. The molecule has 230 valence electrons. The van der Waals surface area contributed by atoms with Crippen molar-refractivity contribution < 1.29 is 0 Å². The second-order valence-electron chi connectivity index (χ2n) is 12.3. The second-order valence-corrected chi connectivity index (χ2v) is 12.3. The van der Waals surface area contributed by atoms with E-state index in [9.17, 15) is 10.5 Å². The Hall–Kier alpha value is -7.39. The molecule has 9 rings (SSSR count). The molecule has 0 bridgehead atoms. The molecule has 50 heavy (non-hydrogen) atoms. The monoisotopic (exact) mass is 635 g/mol. The summed E-state index contributed by atoms with van der Waals surface area (Å²) in [5, 5.41) is 24.1. The molecule has 0 spiro atoms. The molecule has 0 saturated carbocycles. The summed E-state index contributed by atoms with van der Waals surface area (Å²) in [5.41, 5.74) is 11.7. The molecule has 5 heteroatoms. The summed E-state index contributed by atoms with van der Waals surface area (Å²) in [5.74, 6) is 0. The fourth-order valence-corrected chi connectivity index (χ4v) is 7.36. The van der Waals surface area contributed by atoms with Crippen molar-refractivity contribution in [2.75, 3.05) is 0 Å². The first-order valence-electron chi connectivity index (χ1n) is 16.3. The van der Waals surface area contributed by atoms with Gasteiger partial charge in [-0.3, -0.25) is 0 Å². The first kappa shape index (κ1) is 28.8. The highest BCUT2D eigenvalue weighted by atomic mass is 15.0. The number of hydrogen-bond donors (Lipinski definition) is 0. The van der Waals surface area contributed by atoms with E-state index in [-0.39, 0.29) is 0 Å². The average Bonchev–Trinajstić information content (AvgIpc) is 3.69. The fourth-order valence-electron chi connectivity index (χ4n) is 7.36. The molecule has 0 N–H and O–H groups in total. The number of nitrogens with zero attached hydrogens (tertiary/aromatic N) is 5. The van der Waals surface area contributed by atoms with Gasteiger partial charge in [-0.1, -0.05) is 91.0 Å². The average molecular weight is 636 g/mol. The van der Waals surface area contributed by atoms with Gasteiger partial charge in [-0.25, -0.2) is 4.85 Å². The highest BCUT2D eigenvalue weighted by Gasteiger charge is 2.18. The van der Waals surface area contributed by atoms with Gasteiger partial charge < -0.3 is 9.13 Å². The van der Waals surface area contributed by atoms with Crippen molar-refractivity contribution in [2.24, 2.45) is 0 Å². The SMILES string of the molecule is [C-]#[N+]c1ccc2c3cc(C#N)ccc3n(-c3ccccc3-c3ccc(-c4cc(-n5c6ccccc6c6ccccc65)ccc4C#N)cc3)c2c1. The Morgan fingerprint density at radius 2 is 1.12 bits per heavy atom. The van der Waals surface area contributed by atoms with E-state index in [2.05, 4.69) is 117 Å². The van der Waals surface area contributed by atoms with Gasteiger partial charge in [0.2, 0.25) is 0 Å². The number of hydrogen-bond acceptors (Lipinski definition) is 2. The third-order valence-corrected chi connectivity index (χ3v) is 9.62. The highest BCUT2D eigenvalue weighted by Crippen LogP contribution is 2.39. The molecule has 0 saturated heterocycles. The van der Waals surface area contributed by atoms with Gasteiger partial charge in [0.25, 0.3) is 0 Å². The van der Waals surface area contributed by atoms with Crippen LogP contribution in [0.2, 0.25) is 0 Å². The van der Waals surface area contributed by atoms with Crippen molar-refractivity contribution >= 4 is 49.3 Å². The predicted octanol–water partition coefficient (Wildman–Crippen LogP) is 11.5. The summed E-state index contributed by atoms with van der Waals surface area (Å²) >= 11 is 0. The van der Waals surface area contributed by atoms with Crippen molar-refractivity contribution in [1.29, 1.82) is 10.5 Å². The lowest BCUT2D eigenvalue weighted by Crippen LogP contribution is -1.97. The Morgan fingerprint density at radius 1 is 0.480 bits per heavy atom. The van der Waals surface area contributed by atoms with E-state index in [1.54, 1.807) is 0 Å². The van der Waals surface area contributed by atoms with Gasteiger partial charge in [-0.15, -0.1) is 0 Å². The van der Waals surface area contributed by atoms with Crippen molar-refractivity contribution in [3.05, 3.63) is 174 Å². The van der Waals surface area contributed by atoms with Crippen molar-refractivity contribution in [3.63, 3.8) is 0 Å². The molecule has 5 nitrogen and oxygen atoms in total. The van der Waals surface area contributed by atoms with Crippen LogP contribution in [0.5, 0.6) is 0 Å². The molecule has 0 aliphatic carbocycles. The van der Waals surface area contributed by atoms with E-state index in [4.69, 9.17) is 6.57 Å². The Kier molecular flexibility index (Phi) is 6.56. The Bertz CT molecular complexity index is 2900. The lowest BCUT2D eigenvalue weighted by atomic mass is 9.96. The molecule has 0 fully saturated rings. The summed E-state index contributed by atoms with van der Waals surface area (Å²) in [6.07, 6.45) is 0. The van der Waals surface area contributed by atoms with Crippen LogP contribution in [0.15, 0.2) is 152 Å². The Labute approximate surface area is 288 Å². The van der Waals surface area contributed by atoms with Gasteiger partial charge in [-0.05, 0) is 71.8 Å². The molecule has 0 atom stereocenters. The number of para-hydroxylation sites is 3. The molecule has 0 unspecified atom stereocenters. The molecule has 0 radical (unpaired) electrons. The summed E-state index contributed by atoms with van der Waals surface area (Å²) in [6.45, 7) is 7.67. The largest absolute Gasteiger partial charge is 0.310 e. The standard InChI is InChI=1S/C45H25N5/c1-48-33-20-22-38-40-24-29(27-46)14-23-44(40)50(45(38)25-33)41-11-5-2-8-35(41)30-15-17-31(18-16-30)39-26-34(21-19-32(39)28-47)49-42-12-6-3-9-36(42)37-10-4-7-13-43(37)49/h2-26H. The van der Waals surface area contributed by atoms with E-state index in [1.165, 1.54) is 10.8 Å². The third-order valence-electron chi connectivity index (χ3n) is 9.62. The van der Waals surface area contributed by atoms with Gasteiger partial charge in [0.05, 0.1) is 52.1 Å². The zero-order chi connectivity index (χ0) is 33.8. The molecule has 0 aliphatic heterocycles. The summed E-state index contributed by atoms with van der Waals surface area (Å²) in [6, 6.07) is 55.7. The van der Waals surface area contributed by atoms with Gasteiger partial charge in [-0.2, -0.15) is 10.5 Å². The smallest absolute Gasteiger partial charge is 0.189 e. The van der Waals surface area contributed by atoms with Gasteiger partial charge in [0.1, 0.15) is 0 Å². The van der Waals surface area contributed by atoms with Gasteiger partial charge in [0, 0.05) is 43.9 Å². The molecule has 2 heterocycles. The van der Waals surface area contributed by atoms with Crippen molar-refractivity contribution in [2.45, 2.75) is 0 Å². The number of benzene rings is 7. The van der Waals surface area contributed by atoms with Crippen molar-refractivity contribution in [3.8, 4) is 45.8 Å². The normalized spacial score (nSPS) is 11.1. The third kappa shape index (κ3) is 4.38. The van der Waals surface area contributed by atoms with Crippen LogP contribution in [0.4, 0.5) is 5.69 Å². The van der Waals surface area contributed by atoms with E-state index in [1.807, 2.05) is 60.7 Å². The topological polar surface area (TPSA) is 61.8 Å². The van der Waals surface area contributed by atoms with Crippen LogP contribution in [-0.4, -0.2) is 9.13 Å². The van der Waals surface area contributed by atoms with Gasteiger partial charge >= 0.3 is 0 Å². The number of rotatable bonds is 4. The molecule has 2 aromatic heterocycles. The molecular weight excluding hydrogens is 611 g/mol. The minimum atomic E-state index is 0.556. The Morgan fingerprint density at radius 3 is 1.82 bits per heavy atom. The van der Waals surface area contributed by atoms with Gasteiger partial charge in [0.15, 0.2) is 5.69 Å². The number of fused-ring (bicyclic) bond motifs is 6. The number of nitriles is 2. The quantitative estimate of drug-likeness (QED) is 0.181. The lowest BCUT2D eigenvalue weighted by Gasteiger charge is -2.15. The first-order valence-corrected chi connectivity index (χ1v) is 16.3. The van der Waals surface area contributed by atoms with E-state index < -0.39 is 0 Å². The van der Waals surface area contributed by atoms with Crippen LogP contribution in [0.3, 0.4) is 0 Å². The van der Waals surface area contributed by atoms with Crippen LogP contribution in [0.1, 0.15) is 11.1 Å². The van der Waals surface area contributed by atoms with Crippen LogP contribution in [0.25, 0.3) is 82.1 Å². The fraction of sp³-hybridized carbons (Fsp3) is 0. The maximum absolute atomic E-state index is 10.2. The van der Waals surface area contributed by atoms with Crippen LogP contribution in [-0.2, 0) is 0 Å². The summed E-state index contributed by atoms with van der Waals surface area (Å²) in [7, 11) is 0.